The van der Waals surface area contributed by atoms with Crippen molar-refractivity contribution in [1.29, 1.82) is 5.26 Å². The number of rotatable bonds is 6. The van der Waals surface area contributed by atoms with Gasteiger partial charge in [0.05, 0.1) is 29.5 Å². The molecule has 2 aromatic carbocycles. The number of hydrogen-bond donors (Lipinski definition) is 2. The van der Waals surface area contributed by atoms with Gasteiger partial charge in [0.25, 0.3) is 0 Å². The van der Waals surface area contributed by atoms with Crippen LogP contribution in [0.2, 0.25) is 0 Å². The minimum absolute atomic E-state index is 0.0862. The molecule has 0 saturated heterocycles. The average molecular weight is 436 g/mol. The molecule has 2 N–H and O–H groups in total. The predicted octanol–water partition coefficient (Wildman–Crippen LogP) is 4.33. The van der Waals surface area contributed by atoms with Gasteiger partial charge in [-0.05, 0) is 49.6 Å². The van der Waals surface area contributed by atoms with E-state index in [2.05, 4.69) is 16.7 Å². The lowest BCUT2D eigenvalue weighted by molar-refractivity contribution is -0.121. The summed E-state index contributed by atoms with van der Waals surface area (Å²) in [6.07, 6.45) is 0.188. The third-order valence-corrected chi connectivity index (χ3v) is 6.18. The SMILES string of the molecule is COc1ccc([C@H]2CC(=O)NC(SCC(=O)Nc3c(C)cc(C)cc3C)=C2C#N)cc1. The smallest absolute Gasteiger partial charge is 0.234 e. The average Bonchev–Trinajstić information content (AvgIpc) is 2.74. The number of thioether (sulfide) groups is 1. The van der Waals surface area contributed by atoms with E-state index in [9.17, 15) is 14.9 Å². The van der Waals surface area contributed by atoms with E-state index in [4.69, 9.17) is 4.74 Å². The molecule has 160 valence electrons. The van der Waals surface area contributed by atoms with Gasteiger partial charge in [-0.2, -0.15) is 5.26 Å². The van der Waals surface area contributed by atoms with Crippen LogP contribution in [0.25, 0.3) is 0 Å². The van der Waals surface area contributed by atoms with Crippen LogP contribution in [0.3, 0.4) is 0 Å². The van der Waals surface area contributed by atoms with E-state index in [0.29, 0.717) is 16.4 Å². The Balaban J connectivity index is 1.77. The first-order valence-electron chi connectivity index (χ1n) is 9.91. The summed E-state index contributed by atoms with van der Waals surface area (Å²) in [5, 5.41) is 15.9. The summed E-state index contributed by atoms with van der Waals surface area (Å²) >= 11 is 1.17. The second-order valence-corrected chi connectivity index (χ2v) is 8.53. The number of benzene rings is 2. The Morgan fingerprint density at radius 2 is 1.87 bits per heavy atom. The minimum atomic E-state index is -0.350. The van der Waals surface area contributed by atoms with Crippen LogP contribution >= 0.6 is 11.8 Å². The number of ether oxygens (including phenoxy) is 1. The van der Waals surface area contributed by atoms with E-state index in [-0.39, 0.29) is 29.9 Å². The summed E-state index contributed by atoms with van der Waals surface area (Å²) in [5.74, 6) is 0.0814. The quantitative estimate of drug-likeness (QED) is 0.705. The molecule has 1 aliphatic heterocycles. The molecular formula is C24H25N3O3S. The zero-order valence-electron chi connectivity index (χ0n) is 18.0. The second kappa shape index (κ2) is 9.71. The van der Waals surface area contributed by atoms with Crippen LogP contribution in [-0.2, 0) is 9.59 Å². The maximum atomic E-state index is 12.6. The van der Waals surface area contributed by atoms with Crippen molar-refractivity contribution in [2.45, 2.75) is 33.1 Å². The number of carbonyl (C=O) groups excluding carboxylic acids is 2. The number of carbonyl (C=O) groups is 2. The zero-order valence-corrected chi connectivity index (χ0v) is 18.9. The molecule has 7 heteroatoms. The van der Waals surface area contributed by atoms with Gasteiger partial charge in [-0.25, -0.2) is 0 Å². The summed E-state index contributed by atoms with van der Waals surface area (Å²) < 4.78 is 5.18. The van der Waals surface area contributed by atoms with Crippen LogP contribution in [0.1, 0.15) is 34.6 Å². The van der Waals surface area contributed by atoms with E-state index in [1.807, 2.05) is 57.2 Å². The molecule has 3 rings (SSSR count). The summed E-state index contributed by atoms with van der Waals surface area (Å²) in [5.41, 5.74) is 5.26. The fourth-order valence-corrected chi connectivity index (χ4v) is 4.62. The van der Waals surface area contributed by atoms with Crippen molar-refractivity contribution in [2.24, 2.45) is 0 Å². The van der Waals surface area contributed by atoms with Gasteiger partial charge >= 0.3 is 0 Å². The van der Waals surface area contributed by atoms with Gasteiger partial charge in [0, 0.05) is 18.0 Å². The number of aryl methyl sites for hydroxylation is 3. The van der Waals surface area contributed by atoms with Gasteiger partial charge < -0.3 is 15.4 Å². The monoisotopic (exact) mass is 435 g/mol. The predicted molar refractivity (Wildman–Crippen MR) is 123 cm³/mol. The van der Waals surface area contributed by atoms with Crippen molar-refractivity contribution in [3.05, 3.63) is 69.3 Å². The molecule has 0 fully saturated rings. The molecule has 2 aromatic rings. The van der Waals surface area contributed by atoms with Crippen molar-refractivity contribution in [1.82, 2.24) is 5.32 Å². The van der Waals surface area contributed by atoms with Crippen molar-refractivity contribution < 1.29 is 14.3 Å². The Hall–Kier alpha value is -3.24. The molecule has 0 radical (unpaired) electrons. The molecule has 0 aromatic heterocycles. The van der Waals surface area contributed by atoms with Crippen molar-refractivity contribution >= 4 is 29.3 Å². The van der Waals surface area contributed by atoms with E-state index in [1.165, 1.54) is 11.8 Å². The Morgan fingerprint density at radius 3 is 2.45 bits per heavy atom. The lowest BCUT2D eigenvalue weighted by Crippen LogP contribution is -2.31. The number of amides is 2. The highest BCUT2D eigenvalue weighted by molar-refractivity contribution is 8.03. The third-order valence-electron chi connectivity index (χ3n) is 5.16. The van der Waals surface area contributed by atoms with Crippen LogP contribution in [0.15, 0.2) is 47.0 Å². The van der Waals surface area contributed by atoms with Crippen LogP contribution in [0, 0.1) is 32.1 Å². The Labute approximate surface area is 186 Å². The number of nitriles is 1. The molecule has 31 heavy (non-hydrogen) atoms. The molecular weight excluding hydrogens is 410 g/mol. The number of hydrogen-bond acceptors (Lipinski definition) is 5. The lowest BCUT2D eigenvalue weighted by Gasteiger charge is -2.25. The molecule has 6 nitrogen and oxygen atoms in total. The Kier molecular flexibility index (Phi) is 7.03. The van der Waals surface area contributed by atoms with Gasteiger partial charge in [-0.3, -0.25) is 9.59 Å². The summed E-state index contributed by atoms with van der Waals surface area (Å²) in [4.78, 5) is 24.9. The topological polar surface area (TPSA) is 91.2 Å². The first kappa shape index (κ1) is 22.4. The Morgan fingerprint density at radius 1 is 1.23 bits per heavy atom. The van der Waals surface area contributed by atoms with Gasteiger partial charge in [0.1, 0.15) is 5.75 Å². The van der Waals surface area contributed by atoms with Crippen LogP contribution < -0.4 is 15.4 Å². The van der Waals surface area contributed by atoms with Crippen LogP contribution in [0.4, 0.5) is 5.69 Å². The fraction of sp³-hybridized carbons (Fsp3) is 0.292. The molecule has 0 aliphatic carbocycles. The molecule has 0 saturated carbocycles. The third kappa shape index (κ3) is 5.28. The Bertz CT molecular complexity index is 1060. The molecule has 0 bridgehead atoms. The molecule has 0 spiro atoms. The minimum Gasteiger partial charge on any atom is -0.497 e. The van der Waals surface area contributed by atoms with Crippen LogP contribution in [-0.4, -0.2) is 24.7 Å². The van der Waals surface area contributed by atoms with Crippen molar-refractivity contribution in [3.8, 4) is 11.8 Å². The maximum Gasteiger partial charge on any atom is 0.234 e. The van der Waals surface area contributed by atoms with E-state index < -0.39 is 0 Å². The van der Waals surface area contributed by atoms with E-state index >= 15 is 0 Å². The first-order chi connectivity index (χ1) is 14.8. The largest absolute Gasteiger partial charge is 0.497 e. The summed E-state index contributed by atoms with van der Waals surface area (Å²) in [7, 11) is 1.59. The zero-order chi connectivity index (χ0) is 22.5. The standard InChI is InChI=1S/C24H25N3O3S/c1-14-9-15(2)23(16(3)10-14)26-22(29)13-31-24-20(12-25)19(11-21(28)27-24)17-5-7-18(30-4)8-6-17/h5-10,19H,11,13H2,1-4H3,(H,26,29)(H,27,28)/t19-/m1/s1. The highest BCUT2D eigenvalue weighted by atomic mass is 32.2. The van der Waals surface area contributed by atoms with Gasteiger partial charge in [0.15, 0.2) is 0 Å². The normalized spacial score (nSPS) is 15.8. The van der Waals surface area contributed by atoms with E-state index in [0.717, 1.165) is 27.9 Å². The highest BCUT2D eigenvalue weighted by Gasteiger charge is 2.30. The summed E-state index contributed by atoms with van der Waals surface area (Å²) in [6, 6.07) is 13.6. The molecule has 0 unspecified atom stereocenters. The number of nitrogens with zero attached hydrogens (tertiary/aromatic N) is 1. The first-order valence-corrected chi connectivity index (χ1v) is 10.9. The van der Waals surface area contributed by atoms with Gasteiger partial charge in [-0.15, -0.1) is 0 Å². The van der Waals surface area contributed by atoms with Crippen molar-refractivity contribution in [3.63, 3.8) is 0 Å². The molecule has 1 heterocycles. The van der Waals surface area contributed by atoms with E-state index in [1.54, 1.807) is 7.11 Å². The molecule has 2 amide bonds. The highest BCUT2D eigenvalue weighted by Crippen LogP contribution is 2.36. The lowest BCUT2D eigenvalue weighted by atomic mass is 9.87. The maximum absolute atomic E-state index is 12.6. The second-order valence-electron chi connectivity index (χ2n) is 7.54. The molecule has 1 aliphatic rings. The van der Waals surface area contributed by atoms with Gasteiger partial charge in [-0.1, -0.05) is 41.6 Å². The summed E-state index contributed by atoms with van der Waals surface area (Å²) in [6.45, 7) is 5.93. The fourth-order valence-electron chi connectivity index (χ4n) is 3.74. The number of allylic oxidation sites excluding steroid dienone is 1. The number of nitrogens with one attached hydrogen (secondary N) is 2. The van der Waals surface area contributed by atoms with Crippen LogP contribution in [0.5, 0.6) is 5.75 Å². The number of methoxy groups -OCH3 is 1. The molecule has 1 atom stereocenters. The van der Waals surface area contributed by atoms with Crippen molar-refractivity contribution in [2.75, 3.05) is 18.2 Å². The number of anilines is 1. The van der Waals surface area contributed by atoms with Gasteiger partial charge in [0.2, 0.25) is 11.8 Å².